The lowest BCUT2D eigenvalue weighted by molar-refractivity contribution is -0.435. The quantitative estimate of drug-likeness (QED) is 0.251. The van der Waals surface area contributed by atoms with Gasteiger partial charge in [0, 0.05) is 17.3 Å². The van der Waals surface area contributed by atoms with E-state index in [9.17, 15) is 10.0 Å². The molecule has 0 unspecified atom stereocenters. The molecule has 5 nitrogen and oxygen atoms in total. The molecule has 0 aliphatic heterocycles. The van der Waals surface area contributed by atoms with Crippen molar-refractivity contribution < 1.29 is 14.4 Å². The Morgan fingerprint density at radius 2 is 1.83 bits per heavy atom. The Bertz CT molecular complexity index is 737. The molecule has 0 aliphatic rings. The molecule has 0 aliphatic carbocycles. The number of carbonyl (C=O) groups excluding carboxylic acids is 1. The average Bonchev–Trinajstić information content (AvgIpc) is 2.59. The molecule has 5 heteroatoms. The van der Waals surface area contributed by atoms with E-state index in [1.807, 2.05) is 32.0 Å². The van der Waals surface area contributed by atoms with Gasteiger partial charge >= 0.3 is 5.97 Å². The van der Waals surface area contributed by atoms with Crippen LogP contribution in [0.15, 0.2) is 65.8 Å². The first-order chi connectivity index (χ1) is 11.6. The lowest BCUT2D eigenvalue weighted by Gasteiger charge is -2.05. The van der Waals surface area contributed by atoms with Crippen molar-refractivity contribution in [3.63, 3.8) is 0 Å². The first-order valence-corrected chi connectivity index (χ1v) is 7.74. The van der Waals surface area contributed by atoms with Gasteiger partial charge in [-0.15, -0.1) is 0 Å². The fourth-order valence-electron chi connectivity index (χ4n) is 1.91. The van der Waals surface area contributed by atoms with Gasteiger partial charge in [0.05, 0.1) is 12.2 Å². The minimum atomic E-state index is -0.434. The number of esters is 1. The van der Waals surface area contributed by atoms with E-state index >= 15 is 0 Å². The molecule has 124 valence electrons. The Morgan fingerprint density at radius 1 is 1.17 bits per heavy atom. The molecule has 0 saturated carbocycles. The van der Waals surface area contributed by atoms with E-state index in [2.05, 4.69) is 5.11 Å². The second-order valence-electron chi connectivity index (χ2n) is 5.62. The van der Waals surface area contributed by atoms with Gasteiger partial charge in [-0.1, -0.05) is 44.2 Å². The summed E-state index contributed by atoms with van der Waals surface area (Å²) >= 11 is 0. The van der Waals surface area contributed by atoms with Crippen LogP contribution in [0.3, 0.4) is 0 Å². The summed E-state index contributed by atoms with van der Waals surface area (Å²) in [5, 5.41) is 16.3. The number of rotatable bonds is 6. The van der Waals surface area contributed by atoms with Crippen LogP contribution < -0.4 is 0 Å². The van der Waals surface area contributed by atoms with Gasteiger partial charge in [-0.2, -0.15) is 0 Å². The number of nitrogens with zero attached hydrogens (tertiary/aromatic N) is 2. The van der Waals surface area contributed by atoms with Crippen LogP contribution in [0.4, 0.5) is 11.4 Å². The lowest BCUT2D eigenvalue weighted by Crippen LogP contribution is -2.07. The second-order valence-corrected chi connectivity index (χ2v) is 5.62. The van der Waals surface area contributed by atoms with Gasteiger partial charge in [0.15, 0.2) is 0 Å². The largest absolute Gasteiger partial charge is 0.594 e. The zero-order valence-corrected chi connectivity index (χ0v) is 13.8. The predicted molar refractivity (Wildman–Crippen MR) is 93.1 cm³/mol. The second kappa shape index (κ2) is 8.62. The minimum absolute atomic E-state index is 0.274. The Morgan fingerprint density at radius 3 is 2.54 bits per heavy atom. The van der Waals surface area contributed by atoms with Crippen LogP contribution in [0.25, 0.3) is 6.08 Å². The molecule has 0 heterocycles. The Labute approximate surface area is 141 Å². The fourth-order valence-corrected chi connectivity index (χ4v) is 1.91. The predicted octanol–water partition coefficient (Wildman–Crippen LogP) is 4.82. The van der Waals surface area contributed by atoms with Crippen molar-refractivity contribution in [2.45, 2.75) is 13.8 Å². The Hall–Kier alpha value is -2.95. The first-order valence-electron chi connectivity index (χ1n) is 7.74. The van der Waals surface area contributed by atoms with Crippen molar-refractivity contribution in [2.24, 2.45) is 11.0 Å². The molecule has 2 rings (SSSR count). The van der Waals surface area contributed by atoms with Crippen LogP contribution in [0.1, 0.15) is 19.4 Å². The zero-order chi connectivity index (χ0) is 17.4. The summed E-state index contributed by atoms with van der Waals surface area (Å²) in [6.07, 6.45) is 2.88. The smallest absolute Gasteiger partial charge is 0.330 e. The van der Waals surface area contributed by atoms with Gasteiger partial charge in [0.2, 0.25) is 0 Å². The monoisotopic (exact) mass is 324 g/mol. The van der Waals surface area contributed by atoms with Crippen molar-refractivity contribution >= 4 is 23.4 Å². The van der Waals surface area contributed by atoms with Crippen molar-refractivity contribution in [1.29, 1.82) is 0 Å². The van der Waals surface area contributed by atoms with E-state index in [0.29, 0.717) is 28.4 Å². The van der Waals surface area contributed by atoms with Crippen LogP contribution in [-0.2, 0) is 9.53 Å². The SMILES string of the molecule is CC(C)COC(=O)/C=C/c1ccccc1[N+]([O-])=Nc1ccccc1. The zero-order valence-electron chi connectivity index (χ0n) is 13.8. The summed E-state index contributed by atoms with van der Waals surface area (Å²) in [7, 11) is 0. The van der Waals surface area contributed by atoms with E-state index in [0.717, 1.165) is 0 Å². The molecule has 0 radical (unpaired) electrons. The van der Waals surface area contributed by atoms with Crippen LogP contribution >= 0.6 is 0 Å². The van der Waals surface area contributed by atoms with Gasteiger partial charge < -0.3 is 9.94 Å². The number of azo groups is 1. The van der Waals surface area contributed by atoms with Gasteiger partial charge in [0.25, 0.3) is 5.69 Å². The molecule has 0 saturated heterocycles. The number of para-hydroxylation sites is 1. The number of carbonyl (C=O) groups is 1. The number of hydrogen-bond acceptors (Lipinski definition) is 4. The van der Waals surface area contributed by atoms with Crippen LogP contribution in [0.5, 0.6) is 0 Å². The molecule has 0 aromatic heterocycles. The third-order valence-electron chi connectivity index (χ3n) is 3.06. The van der Waals surface area contributed by atoms with Crippen molar-refractivity contribution in [1.82, 2.24) is 0 Å². The van der Waals surface area contributed by atoms with Crippen molar-refractivity contribution in [3.05, 3.63) is 71.4 Å². The maximum Gasteiger partial charge on any atom is 0.330 e. The molecule has 0 spiro atoms. The lowest BCUT2D eigenvalue weighted by atomic mass is 10.1. The highest BCUT2D eigenvalue weighted by Gasteiger charge is 2.10. The molecule has 2 aromatic carbocycles. The van der Waals surface area contributed by atoms with Crippen molar-refractivity contribution in [3.8, 4) is 0 Å². The van der Waals surface area contributed by atoms with E-state index < -0.39 is 5.97 Å². The fraction of sp³-hybridized carbons (Fsp3) is 0.211. The number of benzene rings is 2. The molecule has 0 N–H and O–H groups in total. The molecule has 0 bridgehead atoms. The highest BCUT2D eigenvalue weighted by atomic mass is 16.5. The molecule has 24 heavy (non-hydrogen) atoms. The Balaban J connectivity index is 2.18. The summed E-state index contributed by atoms with van der Waals surface area (Å²) in [4.78, 5) is 12.2. The van der Waals surface area contributed by atoms with Gasteiger partial charge in [-0.05, 0) is 35.1 Å². The van der Waals surface area contributed by atoms with Crippen LogP contribution in [0, 0.1) is 11.1 Å². The highest BCUT2D eigenvalue weighted by molar-refractivity contribution is 5.87. The Kier molecular flexibility index (Phi) is 6.25. The van der Waals surface area contributed by atoms with Gasteiger partial charge in [-0.25, -0.2) is 4.79 Å². The maximum absolute atomic E-state index is 12.3. The summed E-state index contributed by atoms with van der Waals surface area (Å²) < 4.78 is 5.08. The van der Waals surface area contributed by atoms with Gasteiger partial charge in [-0.3, -0.25) is 0 Å². The number of ether oxygens (including phenoxy) is 1. The average molecular weight is 324 g/mol. The van der Waals surface area contributed by atoms with E-state index in [-0.39, 0.29) is 5.92 Å². The van der Waals surface area contributed by atoms with E-state index in [1.54, 1.807) is 42.5 Å². The number of hydrogen-bond donors (Lipinski definition) is 0. The highest BCUT2D eigenvalue weighted by Crippen LogP contribution is 2.22. The molecule has 0 atom stereocenters. The summed E-state index contributed by atoms with van der Waals surface area (Å²) in [5.74, 6) is -0.160. The van der Waals surface area contributed by atoms with E-state index in [1.165, 1.54) is 6.08 Å². The standard InChI is InChI=1S/C19H20N2O3/c1-15(2)14-24-19(22)13-12-16-8-6-7-11-18(16)21(23)20-17-9-4-3-5-10-17/h3-13,15H,14H2,1-2H3/b13-12+,21-20?. The minimum Gasteiger partial charge on any atom is -0.594 e. The third-order valence-corrected chi connectivity index (χ3v) is 3.06. The third kappa shape index (κ3) is 5.35. The first kappa shape index (κ1) is 17.4. The van der Waals surface area contributed by atoms with Crippen molar-refractivity contribution in [2.75, 3.05) is 6.61 Å². The maximum atomic E-state index is 12.3. The molecule has 2 aromatic rings. The molecular formula is C19H20N2O3. The van der Waals surface area contributed by atoms with Gasteiger partial charge in [0.1, 0.15) is 5.69 Å². The van der Waals surface area contributed by atoms with E-state index in [4.69, 9.17) is 4.74 Å². The molecule has 0 amide bonds. The topological polar surface area (TPSA) is 64.7 Å². The normalized spacial score (nSPS) is 11.9. The summed E-state index contributed by atoms with van der Waals surface area (Å²) in [6.45, 7) is 4.29. The summed E-state index contributed by atoms with van der Waals surface area (Å²) in [5.41, 5.74) is 1.51. The van der Waals surface area contributed by atoms with Crippen LogP contribution in [-0.4, -0.2) is 17.4 Å². The van der Waals surface area contributed by atoms with Crippen LogP contribution in [0.2, 0.25) is 0 Å². The summed E-state index contributed by atoms with van der Waals surface area (Å²) in [6, 6.07) is 15.9. The molecular weight excluding hydrogens is 304 g/mol. The molecule has 0 fully saturated rings.